The van der Waals surface area contributed by atoms with Gasteiger partial charge in [0.15, 0.2) is 5.69 Å². The molecule has 8 nitrogen and oxygen atoms in total. The molecule has 1 aromatic carbocycles. The molecule has 162 valence electrons. The molecule has 1 saturated heterocycles. The lowest BCUT2D eigenvalue weighted by Crippen LogP contribution is -2.46. The predicted molar refractivity (Wildman–Crippen MR) is 126 cm³/mol. The second-order valence-electron chi connectivity index (χ2n) is 7.61. The summed E-state index contributed by atoms with van der Waals surface area (Å²) in [5.74, 6) is 0.977. The highest BCUT2D eigenvalue weighted by molar-refractivity contribution is 7.13. The molecular weight excluding hydrogens is 422 g/mol. The molecule has 1 fully saturated rings. The monoisotopic (exact) mass is 445 g/mol. The number of thiophene rings is 1. The molecule has 3 aromatic heterocycles. The van der Waals surface area contributed by atoms with Crippen molar-refractivity contribution >= 4 is 28.9 Å². The molecule has 32 heavy (non-hydrogen) atoms. The molecule has 0 unspecified atom stereocenters. The lowest BCUT2D eigenvalue weighted by molar-refractivity contribution is 0.102. The highest BCUT2D eigenvalue weighted by Crippen LogP contribution is 2.23. The van der Waals surface area contributed by atoms with Crippen LogP contribution >= 0.6 is 11.3 Å². The Morgan fingerprint density at radius 2 is 1.88 bits per heavy atom. The fourth-order valence-electron chi connectivity index (χ4n) is 3.74. The zero-order chi connectivity index (χ0) is 21.8. The van der Waals surface area contributed by atoms with Gasteiger partial charge in [-0.2, -0.15) is 5.10 Å². The Hall–Kier alpha value is -3.56. The van der Waals surface area contributed by atoms with Crippen molar-refractivity contribution in [3.8, 4) is 10.6 Å². The average Bonchev–Trinajstić information content (AvgIpc) is 3.53. The van der Waals surface area contributed by atoms with Crippen LogP contribution in [-0.2, 0) is 6.54 Å². The third kappa shape index (κ3) is 4.68. The van der Waals surface area contributed by atoms with Crippen molar-refractivity contribution in [3.05, 3.63) is 77.6 Å². The van der Waals surface area contributed by atoms with Gasteiger partial charge in [0.05, 0.1) is 10.6 Å². The SMILES string of the molecule is O=C(Nc1cc(N2CCN(Cc3ccccc3)CC2)ncn1)c1cc(-c2cccs2)[nH]n1. The zero-order valence-electron chi connectivity index (χ0n) is 17.4. The van der Waals surface area contributed by atoms with E-state index in [1.165, 1.54) is 11.9 Å². The number of hydrogen-bond donors (Lipinski definition) is 2. The van der Waals surface area contributed by atoms with E-state index in [0.29, 0.717) is 11.5 Å². The molecule has 0 saturated carbocycles. The van der Waals surface area contributed by atoms with Crippen LogP contribution in [0.15, 0.2) is 66.3 Å². The Labute approximate surface area is 189 Å². The molecule has 1 amide bonds. The number of carbonyl (C=O) groups excluding carboxylic acids is 1. The Bertz CT molecular complexity index is 1170. The zero-order valence-corrected chi connectivity index (χ0v) is 18.3. The van der Waals surface area contributed by atoms with Crippen LogP contribution in [0.25, 0.3) is 10.6 Å². The Kier molecular flexibility index (Phi) is 5.91. The normalized spacial score (nSPS) is 14.4. The van der Waals surface area contributed by atoms with E-state index in [9.17, 15) is 4.79 Å². The lowest BCUT2D eigenvalue weighted by atomic mass is 10.2. The molecule has 0 spiro atoms. The van der Waals surface area contributed by atoms with Gasteiger partial charge in [0.25, 0.3) is 5.91 Å². The van der Waals surface area contributed by atoms with Crippen LogP contribution in [0, 0.1) is 0 Å². The number of nitrogens with one attached hydrogen (secondary N) is 2. The summed E-state index contributed by atoms with van der Waals surface area (Å²) in [5, 5.41) is 11.9. The van der Waals surface area contributed by atoms with Crippen molar-refractivity contribution in [2.75, 3.05) is 36.4 Å². The number of H-pyrrole nitrogens is 1. The average molecular weight is 446 g/mol. The van der Waals surface area contributed by atoms with Crippen molar-refractivity contribution in [2.24, 2.45) is 0 Å². The third-order valence-corrected chi connectivity index (χ3v) is 6.34. The smallest absolute Gasteiger partial charge is 0.277 e. The number of carbonyl (C=O) groups is 1. The minimum atomic E-state index is -0.304. The van der Waals surface area contributed by atoms with E-state index in [-0.39, 0.29) is 5.91 Å². The third-order valence-electron chi connectivity index (χ3n) is 5.44. The minimum absolute atomic E-state index is 0.304. The van der Waals surface area contributed by atoms with Crippen LogP contribution in [0.5, 0.6) is 0 Å². The molecule has 1 aliphatic heterocycles. The number of hydrogen-bond acceptors (Lipinski definition) is 7. The summed E-state index contributed by atoms with van der Waals surface area (Å²) >= 11 is 1.59. The van der Waals surface area contributed by atoms with E-state index in [2.05, 4.69) is 59.5 Å². The maximum atomic E-state index is 12.6. The first-order valence-electron chi connectivity index (χ1n) is 10.5. The fraction of sp³-hybridized carbons (Fsp3) is 0.217. The van der Waals surface area contributed by atoms with Gasteiger partial charge in [-0.3, -0.25) is 14.8 Å². The van der Waals surface area contributed by atoms with Crippen LogP contribution in [0.3, 0.4) is 0 Å². The molecule has 0 atom stereocenters. The van der Waals surface area contributed by atoms with Gasteiger partial charge < -0.3 is 10.2 Å². The van der Waals surface area contributed by atoms with E-state index < -0.39 is 0 Å². The molecule has 9 heteroatoms. The number of amides is 1. The first-order valence-corrected chi connectivity index (χ1v) is 11.4. The van der Waals surface area contributed by atoms with Crippen molar-refractivity contribution < 1.29 is 4.79 Å². The van der Waals surface area contributed by atoms with Crippen molar-refractivity contribution in [2.45, 2.75) is 6.54 Å². The van der Waals surface area contributed by atoms with Crippen molar-refractivity contribution in [1.29, 1.82) is 0 Å². The topological polar surface area (TPSA) is 90.0 Å². The number of benzene rings is 1. The lowest BCUT2D eigenvalue weighted by Gasteiger charge is -2.35. The van der Waals surface area contributed by atoms with E-state index in [1.807, 2.05) is 29.6 Å². The number of nitrogens with zero attached hydrogens (tertiary/aromatic N) is 5. The summed E-state index contributed by atoms with van der Waals surface area (Å²) < 4.78 is 0. The molecule has 4 aromatic rings. The Balaban J connectivity index is 1.19. The Morgan fingerprint density at radius 3 is 2.66 bits per heavy atom. The van der Waals surface area contributed by atoms with E-state index in [1.54, 1.807) is 17.4 Å². The van der Waals surface area contributed by atoms with Crippen LogP contribution in [0.1, 0.15) is 16.1 Å². The van der Waals surface area contributed by atoms with Crippen LogP contribution in [0.4, 0.5) is 11.6 Å². The highest BCUT2D eigenvalue weighted by atomic mass is 32.1. The molecule has 5 rings (SSSR count). The van der Waals surface area contributed by atoms with Gasteiger partial charge >= 0.3 is 0 Å². The summed E-state index contributed by atoms with van der Waals surface area (Å²) in [5.41, 5.74) is 2.47. The standard InChI is InChI=1S/C23H23N7OS/c31-23(19-13-18(27-28-19)20-7-4-12-32-20)26-21-14-22(25-16-24-21)30-10-8-29(9-11-30)15-17-5-2-1-3-6-17/h1-7,12-14,16H,8-11,15H2,(H,27,28)(H,24,25,26,31). The largest absolute Gasteiger partial charge is 0.354 e. The first-order chi connectivity index (χ1) is 15.7. The van der Waals surface area contributed by atoms with E-state index >= 15 is 0 Å². The van der Waals surface area contributed by atoms with Gasteiger partial charge in [-0.1, -0.05) is 36.4 Å². The van der Waals surface area contributed by atoms with Gasteiger partial charge in [-0.15, -0.1) is 11.3 Å². The highest BCUT2D eigenvalue weighted by Gasteiger charge is 2.19. The summed E-state index contributed by atoms with van der Waals surface area (Å²) in [6, 6.07) is 18.0. The predicted octanol–water partition coefficient (Wildman–Crippen LogP) is 3.50. The van der Waals surface area contributed by atoms with Gasteiger partial charge in [0, 0.05) is 38.8 Å². The molecular formula is C23H23N7OS. The molecule has 2 N–H and O–H groups in total. The van der Waals surface area contributed by atoms with Crippen LogP contribution in [-0.4, -0.2) is 57.2 Å². The van der Waals surface area contributed by atoms with Crippen LogP contribution in [0.2, 0.25) is 0 Å². The Morgan fingerprint density at radius 1 is 1.03 bits per heavy atom. The molecule has 0 bridgehead atoms. The summed E-state index contributed by atoms with van der Waals surface area (Å²) in [4.78, 5) is 27.0. The second-order valence-corrected chi connectivity index (χ2v) is 8.56. The summed E-state index contributed by atoms with van der Waals surface area (Å²) in [6.07, 6.45) is 1.49. The van der Waals surface area contributed by atoms with Gasteiger partial charge in [-0.25, -0.2) is 9.97 Å². The molecule has 1 aliphatic rings. The number of anilines is 2. The molecule has 0 aliphatic carbocycles. The summed E-state index contributed by atoms with van der Waals surface area (Å²) in [7, 11) is 0. The molecule has 4 heterocycles. The van der Waals surface area contributed by atoms with Gasteiger partial charge in [0.2, 0.25) is 0 Å². The second kappa shape index (κ2) is 9.29. The van der Waals surface area contributed by atoms with E-state index in [4.69, 9.17) is 0 Å². The van der Waals surface area contributed by atoms with Gasteiger partial charge in [-0.05, 0) is 23.1 Å². The number of rotatable bonds is 6. The van der Waals surface area contributed by atoms with Crippen LogP contribution < -0.4 is 10.2 Å². The maximum Gasteiger partial charge on any atom is 0.277 e. The maximum absolute atomic E-state index is 12.6. The van der Waals surface area contributed by atoms with Crippen molar-refractivity contribution in [3.63, 3.8) is 0 Å². The number of piperazine rings is 1. The fourth-order valence-corrected chi connectivity index (χ4v) is 4.43. The minimum Gasteiger partial charge on any atom is -0.354 e. The summed E-state index contributed by atoms with van der Waals surface area (Å²) in [6.45, 7) is 4.62. The number of aromatic amines is 1. The number of aromatic nitrogens is 4. The molecule has 0 radical (unpaired) electrons. The quantitative estimate of drug-likeness (QED) is 0.472. The van der Waals surface area contributed by atoms with Gasteiger partial charge in [0.1, 0.15) is 18.0 Å². The van der Waals surface area contributed by atoms with Crippen molar-refractivity contribution in [1.82, 2.24) is 25.1 Å². The van der Waals surface area contributed by atoms with E-state index in [0.717, 1.165) is 49.1 Å². The first kappa shape index (κ1) is 20.3.